The summed E-state index contributed by atoms with van der Waals surface area (Å²) >= 11 is 0. The molecule has 7 nitrogen and oxygen atoms in total. The fourth-order valence-electron chi connectivity index (χ4n) is 5.14. The molecule has 2 aliphatic rings. The molecule has 0 unspecified atom stereocenters. The normalized spacial score (nSPS) is 19.1. The fourth-order valence-corrected chi connectivity index (χ4v) is 5.14. The first kappa shape index (κ1) is 22.1. The minimum Gasteiger partial charge on any atom is -0.497 e. The number of pyridine rings is 1. The lowest BCUT2D eigenvalue weighted by Gasteiger charge is -2.49. The van der Waals surface area contributed by atoms with E-state index in [2.05, 4.69) is 38.3 Å². The Labute approximate surface area is 200 Å². The Hall–Kier alpha value is -3.74. The molecule has 0 spiro atoms. The highest BCUT2D eigenvalue weighted by atomic mass is 16.5. The number of benzene rings is 2. The summed E-state index contributed by atoms with van der Waals surface area (Å²) in [4.78, 5) is 22.3. The standard InChI is InChI=1S/C27H30N4O3/c1-33-21-8-7-20-15-22(27(32)29-17-19-9-11-28-12-10-19)25-18-30(13-14-31(25)24(20)16-21)23-5-3-4-6-26(23)34-2/h3-12,16,22,25H,13-15,17-18H2,1-2H3,(H,29,32)/t22-,25-/m1/s1. The molecule has 0 aliphatic carbocycles. The average molecular weight is 459 g/mol. The molecule has 2 atom stereocenters. The number of aromatic nitrogens is 1. The number of nitrogens with zero attached hydrogens (tertiary/aromatic N) is 3. The number of hydrogen-bond donors (Lipinski definition) is 1. The summed E-state index contributed by atoms with van der Waals surface area (Å²) in [6.07, 6.45) is 4.20. The van der Waals surface area contributed by atoms with Gasteiger partial charge in [-0.05, 0) is 47.9 Å². The van der Waals surface area contributed by atoms with Crippen molar-refractivity contribution >= 4 is 17.3 Å². The quantitative estimate of drug-likeness (QED) is 0.612. The summed E-state index contributed by atoms with van der Waals surface area (Å²) in [7, 11) is 3.39. The molecule has 0 bridgehead atoms. The number of carbonyl (C=O) groups is 1. The number of fused-ring (bicyclic) bond motifs is 3. The molecule has 3 heterocycles. The Morgan fingerprint density at radius 2 is 1.85 bits per heavy atom. The van der Waals surface area contributed by atoms with Crippen molar-refractivity contribution in [1.29, 1.82) is 0 Å². The van der Waals surface area contributed by atoms with E-state index in [1.54, 1.807) is 26.6 Å². The minimum absolute atomic E-state index is 0.0377. The van der Waals surface area contributed by atoms with Crippen LogP contribution in [0.25, 0.3) is 0 Å². The van der Waals surface area contributed by atoms with Gasteiger partial charge < -0.3 is 24.6 Å². The van der Waals surface area contributed by atoms with Crippen molar-refractivity contribution in [2.45, 2.75) is 19.0 Å². The molecule has 7 heteroatoms. The lowest BCUT2D eigenvalue weighted by atomic mass is 9.83. The van der Waals surface area contributed by atoms with Gasteiger partial charge in [0.05, 0.1) is 31.9 Å². The van der Waals surface area contributed by atoms with Crippen molar-refractivity contribution < 1.29 is 14.3 Å². The van der Waals surface area contributed by atoms with E-state index in [1.165, 1.54) is 11.3 Å². The molecule has 1 N–H and O–H groups in total. The lowest BCUT2D eigenvalue weighted by molar-refractivity contribution is -0.126. The van der Waals surface area contributed by atoms with Crippen LogP contribution in [0.15, 0.2) is 67.0 Å². The Morgan fingerprint density at radius 3 is 2.65 bits per heavy atom. The molecule has 2 aliphatic heterocycles. The first-order valence-electron chi connectivity index (χ1n) is 11.7. The second-order valence-corrected chi connectivity index (χ2v) is 8.76. The van der Waals surface area contributed by atoms with Crippen LogP contribution in [0.2, 0.25) is 0 Å². The number of methoxy groups -OCH3 is 2. The van der Waals surface area contributed by atoms with Crippen molar-refractivity contribution in [3.63, 3.8) is 0 Å². The predicted molar refractivity (Wildman–Crippen MR) is 133 cm³/mol. The van der Waals surface area contributed by atoms with Crippen LogP contribution in [0.3, 0.4) is 0 Å². The van der Waals surface area contributed by atoms with E-state index in [-0.39, 0.29) is 17.9 Å². The molecule has 0 saturated carbocycles. The SMILES string of the molecule is COc1ccc2c(c1)N1CCN(c3ccccc3OC)C[C@@H]1[C@H](C(=O)NCc1ccncc1)C2. The molecule has 1 aromatic heterocycles. The highest BCUT2D eigenvalue weighted by Gasteiger charge is 2.42. The molecule has 176 valence electrons. The molecule has 1 amide bonds. The van der Waals surface area contributed by atoms with E-state index in [9.17, 15) is 4.79 Å². The van der Waals surface area contributed by atoms with Gasteiger partial charge in [-0.15, -0.1) is 0 Å². The molecule has 5 rings (SSSR count). The van der Waals surface area contributed by atoms with E-state index in [0.717, 1.165) is 42.4 Å². The number of para-hydroxylation sites is 2. The molecule has 1 fully saturated rings. The van der Waals surface area contributed by atoms with Gasteiger partial charge in [-0.3, -0.25) is 9.78 Å². The van der Waals surface area contributed by atoms with Gasteiger partial charge >= 0.3 is 0 Å². The predicted octanol–water partition coefficient (Wildman–Crippen LogP) is 3.28. The number of piperazine rings is 1. The summed E-state index contributed by atoms with van der Waals surface area (Å²) in [6, 6.07) is 18.2. The monoisotopic (exact) mass is 458 g/mol. The molecule has 34 heavy (non-hydrogen) atoms. The van der Waals surface area contributed by atoms with E-state index >= 15 is 0 Å². The van der Waals surface area contributed by atoms with E-state index in [4.69, 9.17) is 9.47 Å². The number of rotatable bonds is 6. The molecule has 1 saturated heterocycles. The van der Waals surface area contributed by atoms with Crippen LogP contribution < -0.4 is 24.6 Å². The van der Waals surface area contributed by atoms with Gasteiger partial charge in [-0.25, -0.2) is 0 Å². The summed E-state index contributed by atoms with van der Waals surface area (Å²) in [5.74, 6) is 1.60. The maximum Gasteiger partial charge on any atom is 0.225 e. The maximum absolute atomic E-state index is 13.5. The second-order valence-electron chi connectivity index (χ2n) is 8.76. The summed E-state index contributed by atoms with van der Waals surface area (Å²) in [5.41, 5.74) is 4.46. The largest absolute Gasteiger partial charge is 0.497 e. The zero-order valence-corrected chi connectivity index (χ0v) is 19.6. The van der Waals surface area contributed by atoms with Crippen LogP contribution >= 0.6 is 0 Å². The van der Waals surface area contributed by atoms with Gasteiger partial charge in [0.15, 0.2) is 0 Å². The van der Waals surface area contributed by atoms with Crippen LogP contribution in [0.1, 0.15) is 11.1 Å². The minimum atomic E-state index is -0.166. The first-order valence-corrected chi connectivity index (χ1v) is 11.7. The number of anilines is 2. The highest BCUT2D eigenvalue weighted by molar-refractivity contribution is 5.82. The number of nitrogens with one attached hydrogen (secondary N) is 1. The van der Waals surface area contributed by atoms with Gasteiger partial charge in [0.25, 0.3) is 0 Å². The van der Waals surface area contributed by atoms with Crippen LogP contribution in [0.4, 0.5) is 11.4 Å². The van der Waals surface area contributed by atoms with Crippen LogP contribution in [0, 0.1) is 5.92 Å². The Morgan fingerprint density at radius 1 is 1.03 bits per heavy atom. The van der Waals surface area contributed by atoms with Gasteiger partial charge in [0.1, 0.15) is 11.5 Å². The highest BCUT2D eigenvalue weighted by Crippen LogP contribution is 2.40. The Kier molecular flexibility index (Phi) is 6.25. The third kappa shape index (κ3) is 4.25. The molecule has 3 aromatic rings. The molecule has 0 radical (unpaired) electrons. The zero-order valence-electron chi connectivity index (χ0n) is 19.6. The van der Waals surface area contributed by atoms with Crippen molar-refractivity contribution in [2.75, 3.05) is 43.7 Å². The lowest BCUT2D eigenvalue weighted by Crippen LogP contribution is -2.61. The van der Waals surface area contributed by atoms with Crippen molar-refractivity contribution in [3.05, 3.63) is 78.1 Å². The fraction of sp³-hybridized carbons (Fsp3) is 0.333. The summed E-state index contributed by atoms with van der Waals surface area (Å²) in [6.45, 7) is 2.90. The van der Waals surface area contributed by atoms with Crippen molar-refractivity contribution in [3.8, 4) is 11.5 Å². The molecular weight excluding hydrogens is 428 g/mol. The molecule has 2 aromatic carbocycles. The van der Waals surface area contributed by atoms with E-state index in [1.807, 2.05) is 36.4 Å². The number of ether oxygens (including phenoxy) is 2. The third-order valence-electron chi connectivity index (χ3n) is 6.90. The summed E-state index contributed by atoms with van der Waals surface area (Å²) < 4.78 is 11.1. The number of amides is 1. The van der Waals surface area contributed by atoms with E-state index in [0.29, 0.717) is 13.0 Å². The van der Waals surface area contributed by atoms with Gasteiger partial charge in [-0.1, -0.05) is 18.2 Å². The summed E-state index contributed by atoms with van der Waals surface area (Å²) in [5, 5.41) is 3.17. The second kappa shape index (κ2) is 9.63. The van der Waals surface area contributed by atoms with Gasteiger partial charge in [-0.2, -0.15) is 0 Å². The van der Waals surface area contributed by atoms with Crippen molar-refractivity contribution in [2.24, 2.45) is 5.92 Å². The third-order valence-corrected chi connectivity index (χ3v) is 6.90. The zero-order chi connectivity index (χ0) is 23.5. The molecular formula is C27H30N4O3. The Bertz CT molecular complexity index is 1150. The van der Waals surface area contributed by atoms with E-state index < -0.39 is 0 Å². The van der Waals surface area contributed by atoms with Crippen LogP contribution in [-0.2, 0) is 17.8 Å². The van der Waals surface area contributed by atoms with Crippen LogP contribution in [-0.4, -0.2) is 50.8 Å². The van der Waals surface area contributed by atoms with Gasteiger partial charge in [0.2, 0.25) is 5.91 Å². The maximum atomic E-state index is 13.5. The van der Waals surface area contributed by atoms with Gasteiger partial charge in [0, 0.05) is 50.3 Å². The smallest absolute Gasteiger partial charge is 0.225 e. The Balaban J connectivity index is 1.44. The average Bonchev–Trinajstić information content (AvgIpc) is 2.91. The van der Waals surface area contributed by atoms with Crippen molar-refractivity contribution in [1.82, 2.24) is 10.3 Å². The number of hydrogen-bond acceptors (Lipinski definition) is 6. The van der Waals surface area contributed by atoms with Crippen LogP contribution in [0.5, 0.6) is 11.5 Å². The topological polar surface area (TPSA) is 66.9 Å². The number of carbonyl (C=O) groups excluding carboxylic acids is 1. The first-order chi connectivity index (χ1) is 16.7.